The summed E-state index contributed by atoms with van der Waals surface area (Å²) in [5.74, 6) is -1.17. The van der Waals surface area contributed by atoms with Gasteiger partial charge in [-0.25, -0.2) is 4.57 Å². The molecule has 0 spiro atoms. The van der Waals surface area contributed by atoms with E-state index in [1.807, 2.05) is 0 Å². The molecule has 0 aromatic carbocycles. The molecular weight excluding hydrogens is 893 g/mol. The standard InChI is InChI=1S/C48H92NO17P/c1-4-6-8-10-12-14-16-18-20-22-24-26-28-30-37(51)61-33-35(63-38(52)31-29-27-25-23-21-19-17-15-13-11-9-7-5-2)34-62-67(58,59)66-47-44(57)42(55)41(54)43(56)46(47)65-48-39(49)40(53)45(60-3)36(32-50)64-48/h35-36,39-48,50,53-57H,4-34,49H2,1-3H3,(H,58,59)/t35-,36-,39-,40-,41-,42-,43+,44-,45-,46-,47-,48-/m1/s1. The number of unbranched alkanes of at least 4 members (excludes halogenated alkanes) is 24. The molecule has 0 amide bonds. The second kappa shape index (κ2) is 36.6. The van der Waals surface area contributed by atoms with Crippen molar-refractivity contribution in [2.24, 2.45) is 5.73 Å². The fraction of sp³-hybridized carbons (Fsp3) is 0.958. The first-order valence-electron chi connectivity index (χ1n) is 25.8. The Labute approximate surface area is 400 Å². The van der Waals surface area contributed by atoms with E-state index in [1.54, 1.807) is 0 Å². The van der Waals surface area contributed by atoms with Crippen molar-refractivity contribution < 1.29 is 82.4 Å². The van der Waals surface area contributed by atoms with Crippen molar-refractivity contribution in [2.45, 2.75) is 267 Å². The van der Waals surface area contributed by atoms with Crippen molar-refractivity contribution in [1.29, 1.82) is 0 Å². The molecule has 0 bridgehead atoms. The third-order valence-corrected chi connectivity index (χ3v) is 13.9. The van der Waals surface area contributed by atoms with Crippen molar-refractivity contribution in [3.63, 3.8) is 0 Å². The van der Waals surface area contributed by atoms with Crippen molar-refractivity contribution in [3.8, 4) is 0 Å². The molecule has 18 nitrogen and oxygen atoms in total. The lowest BCUT2D eigenvalue weighted by Gasteiger charge is -2.47. The van der Waals surface area contributed by atoms with Crippen LogP contribution >= 0.6 is 7.82 Å². The molecule has 1 aliphatic heterocycles. The van der Waals surface area contributed by atoms with Gasteiger partial charge in [-0.1, -0.05) is 168 Å². The molecule has 396 valence electrons. The monoisotopic (exact) mass is 986 g/mol. The Hall–Kier alpha value is -1.35. The van der Waals surface area contributed by atoms with Crippen molar-refractivity contribution in [3.05, 3.63) is 0 Å². The Kier molecular flexibility index (Phi) is 33.7. The smallest absolute Gasteiger partial charge is 0.462 e. The summed E-state index contributed by atoms with van der Waals surface area (Å²) >= 11 is 0. The van der Waals surface area contributed by atoms with Gasteiger partial charge in [-0.2, -0.15) is 0 Å². The van der Waals surface area contributed by atoms with E-state index < -0.39 is 113 Å². The van der Waals surface area contributed by atoms with E-state index in [2.05, 4.69) is 13.8 Å². The van der Waals surface area contributed by atoms with Crippen molar-refractivity contribution >= 4 is 19.8 Å². The average Bonchev–Trinajstić information content (AvgIpc) is 3.31. The van der Waals surface area contributed by atoms with Gasteiger partial charge in [0.1, 0.15) is 61.5 Å². The molecule has 1 saturated heterocycles. The lowest BCUT2D eigenvalue weighted by Crippen LogP contribution is -2.68. The number of ether oxygens (including phenoxy) is 5. The molecule has 2 rings (SSSR count). The Bertz CT molecular complexity index is 1320. The molecule has 1 unspecified atom stereocenters. The summed E-state index contributed by atoms with van der Waals surface area (Å²) in [6, 6.07) is -1.39. The maximum Gasteiger partial charge on any atom is 0.472 e. The Morgan fingerprint density at radius 1 is 0.582 bits per heavy atom. The highest BCUT2D eigenvalue weighted by molar-refractivity contribution is 7.47. The van der Waals surface area contributed by atoms with E-state index in [4.69, 9.17) is 38.5 Å². The second-order valence-corrected chi connectivity index (χ2v) is 20.1. The topological polar surface area (TPSA) is 283 Å². The Morgan fingerprint density at radius 2 is 1.00 bits per heavy atom. The molecule has 0 aromatic rings. The first-order valence-corrected chi connectivity index (χ1v) is 27.3. The van der Waals surface area contributed by atoms with Crippen LogP contribution in [0.4, 0.5) is 0 Å². The molecular formula is C48H92NO17P. The molecule has 67 heavy (non-hydrogen) atoms. The minimum absolute atomic E-state index is 0.0577. The van der Waals surface area contributed by atoms with E-state index in [1.165, 1.54) is 110 Å². The van der Waals surface area contributed by atoms with Crippen LogP contribution in [-0.2, 0) is 46.9 Å². The number of carbonyl (C=O) groups excluding carboxylic acids is 2. The number of methoxy groups -OCH3 is 1. The molecule has 1 saturated carbocycles. The number of aliphatic hydroxyl groups is 6. The summed E-state index contributed by atoms with van der Waals surface area (Å²) < 4.78 is 51.5. The van der Waals surface area contributed by atoms with E-state index >= 15 is 0 Å². The Balaban J connectivity index is 1.97. The van der Waals surface area contributed by atoms with Gasteiger partial charge in [-0.3, -0.25) is 18.6 Å². The van der Waals surface area contributed by atoms with Gasteiger partial charge in [-0.05, 0) is 12.8 Å². The zero-order valence-electron chi connectivity index (χ0n) is 41.1. The molecule has 9 N–H and O–H groups in total. The van der Waals surface area contributed by atoms with Crippen LogP contribution < -0.4 is 5.73 Å². The van der Waals surface area contributed by atoms with Crippen LogP contribution in [0, 0.1) is 0 Å². The molecule has 1 aliphatic carbocycles. The number of nitrogens with two attached hydrogens (primary N) is 1. The number of rotatable bonds is 40. The second-order valence-electron chi connectivity index (χ2n) is 18.7. The number of hydrogen-bond acceptors (Lipinski definition) is 17. The minimum Gasteiger partial charge on any atom is -0.462 e. The third kappa shape index (κ3) is 25.0. The fourth-order valence-electron chi connectivity index (χ4n) is 8.67. The summed E-state index contributed by atoms with van der Waals surface area (Å²) in [7, 11) is -4.06. The quantitative estimate of drug-likeness (QED) is 0.0194. The van der Waals surface area contributed by atoms with Crippen LogP contribution in [0.25, 0.3) is 0 Å². The van der Waals surface area contributed by atoms with Gasteiger partial charge in [0.2, 0.25) is 0 Å². The number of phosphoric ester groups is 1. The minimum atomic E-state index is -5.32. The van der Waals surface area contributed by atoms with Gasteiger partial charge in [0.15, 0.2) is 12.4 Å². The van der Waals surface area contributed by atoms with E-state index in [0.29, 0.717) is 12.8 Å². The lowest BCUT2D eigenvalue weighted by atomic mass is 9.84. The highest BCUT2D eigenvalue weighted by atomic mass is 31.2. The molecule has 1 heterocycles. The zero-order valence-corrected chi connectivity index (χ0v) is 42.0. The van der Waals surface area contributed by atoms with Crippen LogP contribution in [0.1, 0.15) is 194 Å². The molecule has 0 aromatic heterocycles. The van der Waals surface area contributed by atoms with Gasteiger partial charge in [-0.15, -0.1) is 0 Å². The summed E-state index contributed by atoms with van der Waals surface area (Å²) in [6.07, 6.45) is 10.7. The van der Waals surface area contributed by atoms with Crippen LogP contribution in [0.2, 0.25) is 0 Å². The van der Waals surface area contributed by atoms with Crippen LogP contribution in [0.15, 0.2) is 0 Å². The third-order valence-electron chi connectivity index (χ3n) is 12.9. The maximum absolute atomic E-state index is 13.5. The highest BCUT2D eigenvalue weighted by Gasteiger charge is 2.55. The summed E-state index contributed by atoms with van der Waals surface area (Å²) in [4.78, 5) is 36.6. The number of phosphoric acid groups is 1. The number of esters is 2. The molecule has 2 aliphatic rings. The average molecular weight is 986 g/mol. The van der Waals surface area contributed by atoms with Crippen LogP contribution in [0.5, 0.6) is 0 Å². The normalized spacial score (nSPS) is 28.0. The van der Waals surface area contributed by atoms with Gasteiger partial charge in [0, 0.05) is 20.0 Å². The molecule has 13 atom stereocenters. The summed E-state index contributed by atoms with van der Waals surface area (Å²) in [6.45, 7) is 2.49. The number of aliphatic hydroxyl groups excluding tert-OH is 6. The highest BCUT2D eigenvalue weighted by Crippen LogP contribution is 2.48. The molecule has 19 heteroatoms. The van der Waals surface area contributed by atoms with Gasteiger partial charge in [0.25, 0.3) is 0 Å². The number of carbonyl (C=O) groups is 2. The summed E-state index contributed by atoms with van der Waals surface area (Å²) in [5.41, 5.74) is 6.11. The van der Waals surface area contributed by atoms with Gasteiger partial charge >= 0.3 is 19.8 Å². The largest absolute Gasteiger partial charge is 0.472 e. The SMILES string of the molecule is CCCCCCCCCCCCCCCC(=O)OC[C@H](COP(=O)(O)O[C@@H]1[C@H](O)[C@H](O)[C@@H](O)[C@H](O)[C@H]1O[C@H]1O[C@H](CO)[C@@H](OC)[C@H](O)[C@H]1N)OC(=O)CCCCCCCCCCCCCCC. The Morgan fingerprint density at radius 3 is 1.43 bits per heavy atom. The predicted molar refractivity (Wildman–Crippen MR) is 252 cm³/mol. The molecule has 0 radical (unpaired) electrons. The maximum atomic E-state index is 13.5. The van der Waals surface area contributed by atoms with Crippen LogP contribution in [-0.4, -0.2) is 148 Å². The first kappa shape index (κ1) is 61.8. The lowest BCUT2D eigenvalue weighted by molar-refractivity contribution is -0.317. The van der Waals surface area contributed by atoms with E-state index in [-0.39, 0.29) is 12.8 Å². The van der Waals surface area contributed by atoms with Gasteiger partial charge in [0.05, 0.1) is 19.3 Å². The van der Waals surface area contributed by atoms with Crippen molar-refractivity contribution in [2.75, 3.05) is 26.9 Å². The summed E-state index contributed by atoms with van der Waals surface area (Å²) in [5, 5.41) is 63.3. The van der Waals surface area contributed by atoms with Crippen molar-refractivity contribution in [1.82, 2.24) is 0 Å². The zero-order chi connectivity index (χ0) is 49.5. The van der Waals surface area contributed by atoms with Gasteiger partial charge < -0.3 is 65.0 Å². The fourth-order valence-corrected chi connectivity index (χ4v) is 9.64. The van der Waals surface area contributed by atoms with E-state index in [9.17, 15) is 49.7 Å². The molecule has 2 fully saturated rings. The number of hydrogen-bond donors (Lipinski definition) is 8. The predicted octanol–water partition coefficient (Wildman–Crippen LogP) is 6.17. The van der Waals surface area contributed by atoms with Crippen LogP contribution in [0.3, 0.4) is 0 Å². The van der Waals surface area contributed by atoms with E-state index in [0.717, 1.165) is 51.4 Å². The first-order chi connectivity index (χ1) is 32.2.